The number of carbonyl (C=O) groups excluding carboxylic acids is 1. The van der Waals surface area contributed by atoms with Gasteiger partial charge in [0.25, 0.3) is 5.91 Å². The van der Waals surface area contributed by atoms with Crippen LogP contribution < -0.4 is 11.0 Å². The number of ether oxygens (including phenoxy) is 1. The lowest BCUT2D eigenvalue weighted by atomic mass is 10.1. The molecule has 0 saturated carbocycles. The summed E-state index contributed by atoms with van der Waals surface area (Å²) in [7, 11) is 0. The van der Waals surface area contributed by atoms with Crippen molar-refractivity contribution in [2.24, 2.45) is 0 Å². The summed E-state index contributed by atoms with van der Waals surface area (Å²) in [4.78, 5) is 27.9. The number of hydrogen-bond acceptors (Lipinski definition) is 6. The first-order valence-electron chi connectivity index (χ1n) is 7.82. The van der Waals surface area contributed by atoms with Crippen LogP contribution in [0.15, 0.2) is 35.3 Å². The fourth-order valence-electron chi connectivity index (χ4n) is 2.65. The number of nitrogens with zero attached hydrogens (tertiary/aromatic N) is 2. The molecule has 3 N–H and O–H groups in total. The van der Waals surface area contributed by atoms with Crippen LogP contribution >= 0.6 is 23.2 Å². The quantitative estimate of drug-likeness (QED) is 0.673. The van der Waals surface area contributed by atoms with Crippen molar-refractivity contribution in [2.45, 2.75) is 24.4 Å². The summed E-state index contributed by atoms with van der Waals surface area (Å²) in [6.45, 7) is -0.855. The molecule has 0 spiro atoms. The second-order valence-electron chi connectivity index (χ2n) is 5.94. The Morgan fingerprint density at radius 3 is 2.50 bits per heavy atom. The molecule has 1 aromatic heterocycles. The number of amides is 1. The molecule has 28 heavy (non-hydrogen) atoms. The zero-order valence-electron chi connectivity index (χ0n) is 13.9. The molecule has 0 aliphatic carbocycles. The first kappa shape index (κ1) is 20.6. The van der Waals surface area contributed by atoms with Gasteiger partial charge in [-0.1, -0.05) is 23.2 Å². The fraction of sp³-hybridized carbons (Fsp3) is 0.312. The molecule has 12 heteroatoms. The molecule has 1 aromatic carbocycles. The zero-order valence-corrected chi connectivity index (χ0v) is 15.4. The van der Waals surface area contributed by atoms with Crippen molar-refractivity contribution in [1.29, 1.82) is 0 Å². The van der Waals surface area contributed by atoms with E-state index in [0.717, 1.165) is 12.3 Å². The van der Waals surface area contributed by atoms with Crippen molar-refractivity contribution in [3.05, 3.63) is 56.6 Å². The molecule has 1 amide bonds. The van der Waals surface area contributed by atoms with Crippen molar-refractivity contribution >= 4 is 34.9 Å². The largest absolute Gasteiger partial charge is 0.394 e. The van der Waals surface area contributed by atoms with Gasteiger partial charge in [-0.05, 0) is 24.3 Å². The SMILES string of the molecule is O=C(Nc1ccn(C2OC(CO)C(O)C2(F)F)c(=O)n1)c1cc(Cl)cc(Cl)c1. The van der Waals surface area contributed by atoms with E-state index in [2.05, 4.69) is 10.3 Å². The fourth-order valence-corrected chi connectivity index (χ4v) is 3.18. The number of halogens is 4. The van der Waals surface area contributed by atoms with Gasteiger partial charge in [0.05, 0.1) is 6.61 Å². The van der Waals surface area contributed by atoms with E-state index in [4.69, 9.17) is 33.0 Å². The maximum Gasteiger partial charge on any atom is 0.351 e. The topological polar surface area (TPSA) is 114 Å². The number of aromatic nitrogens is 2. The molecule has 1 saturated heterocycles. The van der Waals surface area contributed by atoms with E-state index in [1.54, 1.807) is 0 Å². The molecule has 3 rings (SSSR count). The average Bonchev–Trinajstić information content (AvgIpc) is 2.84. The van der Waals surface area contributed by atoms with E-state index in [1.807, 2.05) is 0 Å². The smallest absolute Gasteiger partial charge is 0.351 e. The maximum absolute atomic E-state index is 14.1. The first-order valence-corrected chi connectivity index (χ1v) is 8.58. The number of aliphatic hydroxyl groups is 2. The van der Waals surface area contributed by atoms with Crippen LogP contribution in [0.25, 0.3) is 0 Å². The Labute approximate surface area is 166 Å². The Morgan fingerprint density at radius 2 is 1.96 bits per heavy atom. The molecule has 2 heterocycles. The van der Waals surface area contributed by atoms with Crippen molar-refractivity contribution in [3.63, 3.8) is 0 Å². The van der Waals surface area contributed by atoms with E-state index < -0.39 is 42.6 Å². The third-order valence-corrected chi connectivity index (χ3v) is 4.44. The molecule has 3 atom stereocenters. The van der Waals surface area contributed by atoms with Crippen LogP contribution in [0, 0.1) is 0 Å². The Bertz CT molecular complexity index is 951. The van der Waals surface area contributed by atoms with Crippen LogP contribution in [-0.4, -0.2) is 50.4 Å². The molecule has 1 aliphatic rings. The van der Waals surface area contributed by atoms with Crippen molar-refractivity contribution in [3.8, 4) is 0 Å². The van der Waals surface area contributed by atoms with Gasteiger partial charge < -0.3 is 20.3 Å². The molecular weight excluding hydrogens is 423 g/mol. The van der Waals surface area contributed by atoms with Gasteiger partial charge in [-0.25, -0.2) is 4.79 Å². The molecule has 8 nitrogen and oxygen atoms in total. The van der Waals surface area contributed by atoms with E-state index in [0.29, 0.717) is 4.57 Å². The molecule has 0 bridgehead atoms. The van der Waals surface area contributed by atoms with Crippen LogP contribution in [-0.2, 0) is 4.74 Å². The van der Waals surface area contributed by atoms with Crippen molar-refractivity contribution < 1.29 is 28.5 Å². The number of benzene rings is 1. The molecule has 0 radical (unpaired) electrons. The number of hydrogen-bond donors (Lipinski definition) is 3. The summed E-state index contributed by atoms with van der Waals surface area (Å²) in [6.07, 6.45) is -5.07. The lowest BCUT2D eigenvalue weighted by Crippen LogP contribution is -2.41. The van der Waals surface area contributed by atoms with Gasteiger partial charge in [0.1, 0.15) is 11.9 Å². The predicted octanol–water partition coefficient (Wildman–Crippen LogP) is 1.69. The van der Waals surface area contributed by atoms with Crippen molar-refractivity contribution in [1.82, 2.24) is 9.55 Å². The highest BCUT2D eigenvalue weighted by atomic mass is 35.5. The standard InChI is InChI=1S/C16H13Cl2F2N3O5/c17-8-3-7(4-9(18)5-8)13(26)21-11-1-2-23(15(27)22-11)14-16(19,20)12(25)10(6-24)28-14/h1-5,10,12,14,24-25H,6H2,(H,21,22,26,27). The second-order valence-corrected chi connectivity index (χ2v) is 6.82. The number of nitrogens with one attached hydrogen (secondary N) is 1. The minimum Gasteiger partial charge on any atom is -0.394 e. The number of anilines is 1. The van der Waals surface area contributed by atoms with Gasteiger partial charge in [0.2, 0.25) is 6.23 Å². The number of aliphatic hydroxyl groups excluding tert-OH is 2. The van der Waals surface area contributed by atoms with Crippen LogP contribution in [0.3, 0.4) is 0 Å². The van der Waals surface area contributed by atoms with Crippen LogP contribution in [0.1, 0.15) is 16.6 Å². The molecule has 1 fully saturated rings. The second kappa shape index (κ2) is 7.72. The van der Waals surface area contributed by atoms with Gasteiger partial charge in [0, 0.05) is 21.8 Å². The monoisotopic (exact) mass is 435 g/mol. The summed E-state index contributed by atoms with van der Waals surface area (Å²) >= 11 is 11.6. The number of alkyl halides is 2. The zero-order chi connectivity index (χ0) is 20.6. The van der Waals surface area contributed by atoms with E-state index in [1.165, 1.54) is 18.2 Å². The molecule has 1 aliphatic heterocycles. The molecular formula is C16H13Cl2F2N3O5. The van der Waals surface area contributed by atoms with Gasteiger partial charge >= 0.3 is 11.6 Å². The summed E-state index contributed by atoms with van der Waals surface area (Å²) < 4.78 is 33.6. The summed E-state index contributed by atoms with van der Waals surface area (Å²) in [5.74, 6) is -4.71. The summed E-state index contributed by atoms with van der Waals surface area (Å²) in [6, 6.07) is 5.21. The van der Waals surface area contributed by atoms with E-state index in [9.17, 15) is 23.5 Å². The van der Waals surface area contributed by atoms with Crippen LogP contribution in [0.2, 0.25) is 10.0 Å². The molecule has 2 aromatic rings. The Hall–Kier alpha value is -2.11. The minimum atomic E-state index is -3.83. The highest BCUT2D eigenvalue weighted by molar-refractivity contribution is 6.35. The van der Waals surface area contributed by atoms with Gasteiger partial charge in [-0.15, -0.1) is 0 Å². The lowest BCUT2D eigenvalue weighted by molar-refractivity contribution is -0.140. The van der Waals surface area contributed by atoms with E-state index >= 15 is 0 Å². The Balaban J connectivity index is 1.83. The minimum absolute atomic E-state index is 0.100. The molecule has 150 valence electrons. The predicted molar refractivity (Wildman–Crippen MR) is 94.9 cm³/mol. The summed E-state index contributed by atoms with van der Waals surface area (Å²) in [5.41, 5.74) is -1.06. The number of rotatable bonds is 4. The lowest BCUT2D eigenvalue weighted by Gasteiger charge is -2.21. The Morgan fingerprint density at radius 1 is 1.32 bits per heavy atom. The van der Waals surface area contributed by atoms with Gasteiger partial charge in [0.15, 0.2) is 6.10 Å². The van der Waals surface area contributed by atoms with Crippen molar-refractivity contribution in [2.75, 3.05) is 11.9 Å². The highest BCUT2D eigenvalue weighted by Gasteiger charge is 2.59. The first-order chi connectivity index (χ1) is 13.1. The van der Waals surface area contributed by atoms with Crippen LogP contribution in [0.4, 0.5) is 14.6 Å². The number of carbonyl (C=O) groups is 1. The Kier molecular flexibility index (Phi) is 5.69. The van der Waals surface area contributed by atoms with Crippen LogP contribution in [0.5, 0.6) is 0 Å². The van der Waals surface area contributed by atoms with Gasteiger partial charge in [-0.3, -0.25) is 9.36 Å². The van der Waals surface area contributed by atoms with Gasteiger partial charge in [-0.2, -0.15) is 13.8 Å². The summed E-state index contributed by atoms with van der Waals surface area (Å²) in [5, 5.41) is 21.3. The van der Waals surface area contributed by atoms with E-state index in [-0.39, 0.29) is 21.4 Å². The maximum atomic E-state index is 14.1. The normalized spacial score (nSPS) is 23.6. The molecule has 3 unspecified atom stereocenters. The average molecular weight is 436 g/mol. The highest BCUT2D eigenvalue weighted by Crippen LogP contribution is 2.41. The third-order valence-electron chi connectivity index (χ3n) is 4.01. The third kappa shape index (κ3) is 3.87.